The van der Waals surface area contributed by atoms with Gasteiger partial charge in [-0.05, 0) is 41.7 Å². The minimum Gasteiger partial charge on any atom is -0.451 e. The van der Waals surface area contributed by atoms with Crippen LogP contribution in [0.1, 0.15) is 54.1 Å². The van der Waals surface area contributed by atoms with Gasteiger partial charge in [0.25, 0.3) is 5.91 Å². The van der Waals surface area contributed by atoms with E-state index in [0.717, 1.165) is 24.0 Å². The maximum atomic E-state index is 13.0. The molecule has 0 spiro atoms. The number of furan rings is 1. The molecule has 1 amide bonds. The average molecular weight is 455 g/mol. The Morgan fingerprint density at radius 2 is 1.81 bits per heavy atom. The number of hydrogen-bond acceptors (Lipinski definition) is 4. The van der Waals surface area contributed by atoms with Crippen molar-refractivity contribution in [1.82, 2.24) is 10.2 Å². The van der Waals surface area contributed by atoms with Crippen molar-refractivity contribution >= 4 is 28.5 Å². The van der Waals surface area contributed by atoms with Gasteiger partial charge in [-0.3, -0.25) is 9.69 Å². The summed E-state index contributed by atoms with van der Waals surface area (Å²) in [6.07, 6.45) is 0. The molecule has 5 nitrogen and oxygen atoms in total. The molecule has 4 rings (SSSR count). The van der Waals surface area contributed by atoms with Gasteiger partial charge in [0.2, 0.25) is 0 Å². The van der Waals surface area contributed by atoms with Gasteiger partial charge >= 0.3 is 0 Å². The van der Waals surface area contributed by atoms with Crippen molar-refractivity contribution in [3.05, 3.63) is 69.9 Å². The van der Waals surface area contributed by atoms with Crippen LogP contribution in [0.5, 0.6) is 0 Å². The molecular weight excluding hydrogens is 424 g/mol. The highest BCUT2D eigenvalue weighted by Gasteiger charge is 2.25. The number of morpholine rings is 1. The van der Waals surface area contributed by atoms with E-state index >= 15 is 0 Å². The van der Waals surface area contributed by atoms with Crippen molar-refractivity contribution in [2.75, 3.05) is 32.8 Å². The SMILES string of the molecule is Cc1c(C(=O)NC[C@H](c2ccc(C(C)(C)C)cc2)N2CCOCC2)oc2ccc(Cl)cc12. The summed E-state index contributed by atoms with van der Waals surface area (Å²) in [5.74, 6) is 0.130. The van der Waals surface area contributed by atoms with Gasteiger partial charge in [0.1, 0.15) is 5.58 Å². The lowest BCUT2D eigenvalue weighted by atomic mass is 9.86. The lowest BCUT2D eigenvalue weighted by Crippen LogP contribution is -2.43. The molecule has 1 aromatic heterocycles. The lowest BCUT2D eigenvalue weighted by Gasteiger charge is -2.35. The highest BCUT2D eigenvalue weighted by molar-refractivity contribution is 6.31. The van der Waals surface area contributed by atoms with Crippen molar-refractivity contribution < 1.29 is 13.9 Å². The summed E-state index contributed by atoms with van der Waals surface area (Å²) in [5.41, 5.74) is 4.05. The van der Waals surface area contributed by atoms with Gasteiger partial charge in [0.15, 0.2) is 5.76 Å². The third kappa shape index (κ3) is 4.85. The van der Waals surface area contributed by atoms with E-state index in [-0.39, 0.29) is 17.4 Å². The van der Waals surface area contributed by atoms with Crippen LogP contribution in [0.2, 0.25) is 5.02 Å². The molecule has 0 radical (unpaired) electrons. The summed E-state index contributed by atoms with van der Waals surface area (Å²) < 4.78 is 11.4. The first-order valence-corrected chi connectivity index (χ1v) is 11.5. The fourth-order valence-corrected chi connectivity index (χ4v) is 4.40. The maximum absolute atomic E-state index is 13.0. The van der Waals surface area contributed by atoms with E-state index in [4.69, 9.17) is 20.8 Å². The van der Waals surface area contributed by atoms with E-state index in [1.54, 1.807) is 12.1 Å². The van der Waals surface area contributed by atoms with Crippen molar-refractivity contribution in [2.45, 2.75) is 39.2 Å². The van der Waals surface area contributed by atoms with Crippen LogP contribution in [0.3, 0.4) is 0 Å². The molecule has 170 valence electrons. The van der Waals surface area contributed by atoms with Gasteiger partial charge in [-0.1, -0.05) is 56.6 Å². The fourth-order valence-electron chi connectivity index (χ4n) is 4.23. The number of halogens is 1. The Morgan fingerprint density at radius 3 is 2.47 bits per heavy atom. The summed E-state index contributed by atoms with van der Waals surface area (Å²) in [6.45, 7) is 12.1. The molecule has 1 saturated heterocycles. The van der Waals surface area contributed by atoms with E-state index in [1.165, 1.54) is 11.1 Å². The lowest BCUT2D eigenvalue weighted by molar-refractivity contribution is 0.0161. The highest BCUT2D eigenvalue weighted by atomic mass is 35.5. The molecule has 0 saturated carbocycles. The van der Waals surface area contributed by atoms with Crippen LogP contribution >= 0.6 is 11.6 Å². The van der Waals surface area contributed by atoms with Crippen molar-refractivity contribution in [3.63, 3.8) is 0 Å². The molecule has 2 aromatic carbocycles. The van der Waals surface area contributed by atoms with Crippen LogP contribution in [-0.2, 0) is 10.2 Å². The monoisotopic (exact) mass is 454 g/mol. The average Bonchev–Trinajstić information content (AvgIpc) is 3.10. The first-order chi connectivity index (χ1) is 15.2. The number of fused-ring (bicyclic) bond motifs is 1. The molecule has 1 atom stereocenters. The largest absolute Gasteiger partial charge is 0.451 e. The van der Waals surface area contributed by atoms with Crippen LogP contribution in [0.15, 0.2) is 46.9 Å². The minimum atomic E-state index is -0.209. The number of rotatable bonds is 5. The van der Waals surface area contributed by atoms with Gasteiger partial charge in [-0.25, -0.2) is 0 Å². The summed E-state index contributed by atoms with van der Waals surface area (Å²) >= 11 is 6.12. The molecular formula is C26H31ClN2O3. The van der Waals surface area contributed by atoms with Crippen molar-refractivity contribution in [1.29, 1.82) is 0 Å². The Bertz CT molecular complexity index is 1090. The van der Waals surface area contributed by atoms with Crippen LogP contribution in [0.4, 0.5) is 0 Å². The van der Waals surface area contributed by atoms with Crippen LogP contribution < -0.4 is 5.32 Å². The van der Waals surface area contributed by atoms with Crippen molar-refractivity contribution in [3.8, 4) is 0 Å². The topological polar surface area (TPSA) is 54.7 Å². The second-order valence-electron chi connectivity index (χ2n) is 9.44. The number of hydrogen-bond donors (Lipinski definition) is 1. The van der Waals surface area contributed by atoms with E-state index in [1.807, 2.05) is 13.0 Å². The molecule has 0 unspecified atom stereocenters. The highest BCUT2D eigenvalue weighted by Crippen LogP contribution is 2.29. The first kappa shape index (κ1) is 22.8. The predicted octanol–water partition coefficient (Wildman–Crippen LogP) is 5.50. The van der Waals surface area contributed by atoms with E-state index in [9.17, 15) is 4.79 Å². The van der Waals surface area contributed by atoms with Gasteiger partial charge < -0.3 is 14.5 Å². The second-order valence-corrected chi connectivity index (χ2v) is 9.88. The Kier molecular flexibility index (Phi) is 6.61. The molecule has 3 aromatic rings. The summed E-state index contributed by atoms with van der Waals surface area (Å²) in [6, 6.07) is 14.2. The number of carbonyl (C=O) groups is 1. The number of aryl methyl sites for hydroxylation is 1. The first-order valence-electron chi connectivity index (χ1n) is 11.1. The number of nitrogens with one attached hydrogen (secondary N) is 1. The zero-order valence-electron chi connectivity index (χ0n) is 19.2. The second kappa shape index (κ2) is 9.26. The molecule has 1 N–H and O–H groups in total. The Morgan fingerprint density at radius 1 is 1.12 bits per heavy atom. The molecule has 0 bridgehead atoms. The number of nitrogens with zero attached hydrogens (tertiary/aromatic N) is 1. The number of benzene rings is 2. The molecule has 0 aliphatic carbocycles. The third-order valence-electron chi connectivity index (χ3n) is 6.21. The van der Waals surface area contributed by atoms with Gasteiger partial charge in [-0.15, -0.1) is 0 Å². The Balaban J connectivity index is 1.55. The summed E-state index contributed by atoms with van der Waals surface area (Å²) in [7, 11) is 0. The Hall–Kier alpha value is -2.34. The van der Waals surface area contributed by atoms with Gasteiger partial charge in [-0.2, -0.15) is 0 Å². The molecule has 6 heteroatoms. The predicted molar refractivity (Wildman–Crippen MR) is 129 cm³/mol. The molecule has 1 aliphatic heterocycles. The fraction of sp³-hybridized carbons (Fsp3) is 0.423. The van der Waals surface area contributed by atoms with Gasteiger partial charge in [0.05, 0.1) is 19.3 Å². The number of amides is 1. The number of carbonyl (C=O) groups excluding carboxylic acids is 1. The van der Waals surface area contributed by atoms with E-state index in [0.29, 0.717) is 36.1 Å². The summed E-state index contributed by atoms with van der Waals surface area (Å²) in [4.78, 5) is 15.4. The maximum Gasteiger partial charge on any atom is 0.287 e. The molecule has 2 heterocycles. The molecule has 1 fully saturated rings. The molecule has 1 aliphatic rings. The minimum absolute atomic E-state index is 0.0657. The zero-order chi connectivity index (χ0) is 22.9. The van der Waals surface area contributed by atoms with E-state index < -0.39 is 0 Å². The number of ether oxygens (including phenoxy) is 1. The van der Waals surface area contributed by atoms with E-state index in [2.05, 4.69) is 55.3 Å². The van der Waals surface area contributed by atoms with Crippen LogP contribution in [0.25, 0.3) is 11.0 Å². The quantitative estimate of drug-likeness (QED) is 0.553. The van der Waals surface area contributed by atoms with Crippen LogP contribution in [-0.4, -0.2) is 43.7 Å². The third-order valence-corrected chi connectivity index (χ3v) is 6.44. The summed E-state index contributed by atoms with van der Waals surface area (Å²) in [5, 5.41) is 4.60. The Labute approximate surface area is 194 Å². The zero-order valence-corrected chi connectivity index (χ0v) is 20.0. The normalized spacial score (nSPS) is 16.3. The standard InChI is InChI=1S/C26H31ClN2O3/c1-17-21-15-20(27)9-10-23(21)32-24(17)25(30)28-16-22(29-11-13-31-14-12-29)18-5-7-19(8-6-18)26(2,3)4/h5-10,15,22H,11-14,16H2,1-4H3,(H,28,30)/t22-/m1/s1. The van der Waals surface area contributed by atoms with Gasteiger partial charge in [0, 0.05) is 35.6 Å². The van der Waals surface area contributed by atoms with Crippen molar-refractivity contribution in [2.24, 2.45) is 0 Å². The smallest absolute Gasteiger partial charge is 0.287 e. The molecule has 32 heavy (non-hydrogen) atoms. The van der Waals surface area contributed by atoms with Crippen LogP contribution in [0, 0.1) is 6.92 Å².